The van der Waals surface area contributed by atoms with E-state index in [9.17, 15) is 0 Å². The maximum absolute atomic E-state index is 8.84. The third-order valence-electron chi connectivity index (χ3n) is 3.31. The van der Waals surface area contributed by atoms with E-state index in [1.165, 1.54) is 37.7 Å². The SMILES string of the molecule is N#CC1C=CC(C2CCCCC2)=CC1=S. The van der Waals surface area contributed by atoms with E-state index >= 15 is 0 Å². The Kier molecular flexibility index (Phi) is 3.33. The molecule has 0 heterocycles. The van der Waals surface area contributed by atoms with Crippen LogP contribution in [-0.2, 0) is 0 Å². The van der Waals surface area contributed by atoms with Crippen molar-refractivity contribution >= 4 is 17.1 Å². The first kappa shape index (κ1) is 10.6. The molecule has 2 rings (SSSR count). The van der Waals surface area contributed by atoms with Crippen molar-refractivity contribution in [3.05, 3.63) is 23.8 Å². The maximum Gasteiger partial charge on any atom is 0.0997 e. The summed E-state index contributed by atoms with van der Waals surface area (Å²) < 4.78 is 0. The maximum atomic E-state index is 8.84. The molecule has 1 fully saturated rings. The Labute approximate surface area is 96.5 Å². The molecule has 0 N–H and O–H groups in total. The number of nitrogens with zero attached hydrogens (tertiary/aromatic N) is 1. The van der Waals surface area contributed by atoms with Gasteiger partial charge in [-0.15, -0.1) is 0 Å². The highest BCUT2D eigenvalue weighted by molar-refractivity contribution is 7.80. The Morgan fingerprint density at radius 3 is 2.60 bits per heavy atom. The molecule has 0 radical (unpaired) electrons. The van der Waals surface area contributed by atoms with Crippen LogP contribution in [0.5, 0.6) is 0 Å². The lowest BCUT2D eigenvalue weighted by atomic mass is 9.81. The highest BCUT2D eigenvalue weighted by Gasteiger charge is 2.20. The van der Waals surface area contributed by atoms with Crippen LogP contribution in [0.1, 0.15) is 32.1 Å². The van der Waals surface area contributed by atoms with E-state index in [1.807, 2.05) is 6.08 Å². The van der Waals surface area contributed by atoms with Crippen LogP contribution in [0.2, 0.25) is 0 Å². The lowest BCUT2D eigenvalue weighted by molar-refractivity contribution is 0.408. The molecule has 0 amide bonds. The highest BCUT2D eigenvalue weighted by atomic mass is 32.1. The van der Waals surface area contributed by atoms with Crippen molar-refractivity contribution in [2.24, 2.45) is 11.8 Å². The van der Waals surface area contributed by atoms with E-state index in [0.717, 1.165) is 4.86 Å². The molecule has 1 nitrogen and oxygen atoms in total. The van der Waals surface area contributed by atoms with Gasteiger partial charge < -0.3 is 0 Å². The number of hydrogen-bond acceptors (Lipinski definition) is 2. The van der Waals surface area contributed by atoms with Gasteiger partial charge in [-0.3, -0.25) is 0 Å². The fraction of sp³-hybridized carbons (Fsp3) is 0.538. The standard InChI is InChI=1S/C13H15NS/c14-9-12-7-6-11(8-13(12)15)10-4-2-1-3-5-10/h6-8,10,12H,1-5H2. The summed E-state index contributed by atoms with van der Waals surface area (Å²) in [5.74, 6) is 0.514. The molecule has 0 spiro atoms. The van der Waals surface area contributed by atoms with E-state index in [0.29, 0.717) is 5.92 Å². The van der Waals surface area contributed by atoms with Crippen molar-refractivity contribution in [2.75, 3.05) is 0 Å². The Balaban J connectivity index is 2.09. The molecule has 2 aliphatic rings. The van der Waals surface area contributed by atoms with Gasteiger partial charge in [0, 0.05) is 4.86 Å². The molecule has 2 aliphatic carbocycles. The van der Waals surface area contributed by atoms with Crippen LogP contribution in [0.4, 0.5) is 0 Å². The van der Waals surface area contributed by atoms with Gasteiger partial charge in [0.2, 0.25) is 0 Å². The molecule has 1 unspecified atom stereocenters. The molecule has 2 heteroatoms. The zero-order valence-electron chi connectivity index (χ0n) is 8.78. The van der Waals surface area contributed by atoms with Gasteiger partial charge in [0.1, 0.15) is 0 Å². The zero-order chi connectivity index (χ0) is 10.7. The number of rotatable bonds is 1. The predicted molar refractivity (Wildman–Crippen MR) is 65.5 cm³/mol. The summed E-state index contributed by atoms with van der Waals surface area (Å²) in [5, 5.41) is 8.84. The summed E-state index contributed by atoms with van der Waals surface area (Å²) in [5.41, 5.74) is 1.35. The Bertz CT molecular complexity index is 353. The minimum absolute atomic E-state index is 0.174. The summed E-state index contributed by atoms with van der Waals surface area (Å²) in [6, 6.07) is 2.20. The van der Waals surface area contributed by atoms with E-state index in [4.69, 9.17) is 17.5 Å². The molecule has 1 atom stereocenters. The molecule has 1 saturated carbocycles. The van der Waals surface area contributed by atoms with Crippen molar-refractivity contribution in [2.45, 2.75) is 32.1 Å². The van der Waals surface area contributed by atoms with E-state index in [2.05, 4.69) is 18.2 Å². The quantitative estimate of drug-likeness (QED) is 0.627. The van der Waals surface area contributed by atoms with Crippen LogP contribution < -0.4 is 0 Å². The molecule has 0 aliphatic heterocycles. The van der Waals surface area contributed by atoms with Crippen molar-refractivity contribution in [1.29, 1.82) is 5.26 Å². The molecule has 78 valence electrons. The highest BCUT2D eigenvalue weighted by Crippen LogP contribution is 2.32. The van der Waals surface area contributed by atoms with Gasteiger partial charge in [-0.1, -0.05) is 43.6 Å². The second-order valence-electron chi connectivity index (χ2n) is 4.35. The van der Waals surface area contributed by atoms with Gasteiger partial charge in [-0.05, 0) is 30.4 Å². The van der Waals surface area contributed by atoms with Crippen LogP contribution >= 0.6 is 12.2 Å². The number of nitriles is 1. The molecule has 0 bridgehead atoms. The van der Waals surface area contributed by atoms with Crippen molar-refractivity contribution in [3.63, 3.8) is 0 Å². The first-order valence-electron chi connectivity index (χ1n) is 5.64. The summed E-state index contributed by atoms with van der Waals surface area (Å²) >= 11 is 5.22. The average molecular weight is 217 g/mol. The topological polar surface area (TPSA) is 23.8 Å². The Morgan fingerprint density at radius 1 is 1.27 bits per heavy atom. The summed E-state index contributed by atoms with van der Waals surface area (Å²) in [6.07, 6.45) is 12.7. The van der Waals surface area contributed by atoms with E-state index < -0.39 is 0 Å². The largest absolute Gasteiger partial charge is 0.197 e. The van der Waals surface area contributed by atoms with Crippen LogP contribution in [-0.4, -0.2) is 4.86 Å². The van der Waals surface area contributed by atoms with Gasteiger partial charge in [0.15, 0.2) is 0 Å². The van der Waals surface area contributed by atoms with Crippen LogP contribution in [0, 0.1) is 23.2 Å². The van der Waals surface area contributed by atoms with Gasteiger partial charge in [-0.25, -0.2) is 0 Å². The minimum atomic E-state index is -0.174. The van der Waals surface area contributed by atoms with Gasteiger partial charge in [0.05, 0.1) is 12.0 Å². The van der Waals surface area contributed by atoms with Crippen molar-refractivity contribution < 1.29 is 0 Å². The van der Waals surface area contributed by atoms with E-state index in [1.54, 1.807) is 0 Å². The van der Waals surface area contributed by atoms with Crippen molar-refractivity contribution in [1.82, 2.24) is 0 Å². The lowest BCUT2D eigenvalue weighted by Gasteiger charge is -2.24. The molecule has 0 aromatic rings. The third kappa shape index (κ3) is 2.35. The van der Waals surface area contributed by atoms with Crippen molar-refractivity contribution in [3.8, 4) is 6.07 Å². The molecule has 0 aromatic carbocycles. The monoisotopic (exact) mass is 217 g/mol. The number of allylic oxidation sites excluding steroid dienone is 4. The van der Waals surface area contributed by atoms with Crippen LogP contribution in [0.15, 0.2) is 23.8 Å². The average Bonchev–Trinajstić information content (AvgIpc) is 2.30. The lowest BCUT2D eigenvalue weighted by Crippen LogP contribution is -2.15. The van der Waals surface area contributed by atoms with Crippen LogP contribution in [0.25, 0.3) is 0 Å². The fourth-order valence-corrected chi connectivity index (χ4v) is 2.67. The second kappa shape index (κ2) is 4.72. The van der Waals surface area contributed by atoms with Gasteiger partial charge in [-0.2, -0.15) is 5.26 Å². The third-order valence-corrected chi connectivity index (χ3v) is 3.68. The van der Waals surface area contributed by atoms with Gasteiger partial charge in [0.25, 0.3) is 0 Å². The van der Waals surface area contributed by atoms with Gasteiger partial charge >= 0.3 is 0 Å². The number of hydrogen-bond donors (Lipinski definition) is 0. The Morgan fingerprint density at radius 2 is 2.00 bits per heavy atom. The second-order valence-corrected chi connectivity index (χ2v) is 4.82. The first-order chi connectivity index (χ1) is 7.31. The summed E-state index contributed by atoms with van der Waals surface area (Å²) in [4.78, 5) is 0.792. The molecule has 0 saturated heterocycles. The molecule has 0 aromatic heterocycles. The predicted octanol–water partition coefficient (Wildman–Crippen LogP) is 3.57. The number of thiocarbonyl (C=S) groups is 1. The summed E-state index contributed by atoms with van der Waals surface area (Å²) in [7, 11) is 0. The molecule has 15 heavy (non-hydrogen) atoms. The normalized spacial score (nSPS) is 27.3. The molecular weight excluding hydrogens is 202 g/mol. The fourth-order valence-electron chi connectivity index (χ4n) is 2.40. The molecular formula is C13H15NS. The summed E-state index contributed by atoms with van der Waals surface area (Å²) in [6.45, 7) is 0. The zero-order valence-corrected chi connectivity index (χ0v) is 9.59. The smallest absolute Gasteiger partial charge is 0.0997 e. The van der Waals surface area contributed by atoms with Crippen LogP contribution in [0.3, 0.4) is 0 Å². The first-order valence-corrected chi connectivity index (χ1v) is 6.05. The van der Waals surface area contributed by atoms with E-state index in [-0.39, 0.29) is 5.92 Å². The Hall–Kier alpha value is -0.940. The minimum Gasteiger partial charge on any atom is -0.197 e.